The van der Waals surface area contributed by atoms with Crippen LogP contribution in [0.5, 0.6) is 0 Å². The number of hydrogen-bond acceptors (Lipinski definition) is 6. The summed E-state index contributed by atoms with van der Waals surface area (Å²) >= 11 is 0. The van der Waals surface area contributed by atoms with E-state index in [1.54, 1.807) is 18.2 Å². The molecule has 3 saturated heterocycles. The van der Waals surface area contributed by atoms with Gasteiger partial charge in [-0.25, -0.2) is 9.78 Å². The number of carbonyl (C=O) groups is 2. The second-order valence-electron chi connectivity index (χ2n) is 8.95. The summed E-state index contributed by atoms with van der Waals surface area (Å²) in [5.74, 6) is 0.175. The molecule has 0 radical (unpaired) electrons. The summed E-state index contributed by atoms with van der Waals surface area (Å²) in [6.45, 7) is 1.39. The van der Waals surface area contributed by atoms with Gasteiger partial charge in [-0.15, -0.1) is 0 Å². The van der Waals surface area contributed by atoms with E-state index in [1.807, 2.05) is 0 Å². The van der Waals surface area contributed by atoms with Gasteiger partial charge in [0.15, 0.2) is 5.58 Å². The van der Waals surface area contributed by atoms with Crippen molar-refractivity contribution in [3.8, 4) is 0 Å². The molecule has 5 rings (SSSR count). The number of benzene rings is 1. The third kappa shape index (κ3) is 3.76. The lowest BCUT2D eigenvalue weighted by Crippen LogP contribution is -2.55. The van der Waals surface area contributed by atoms with Gasteiger partial charge in [-0.1, -0.05) is 12.5 Å². The second-order valence-corrected chi connectivity index (χ2v) is 8.95. The van der Waals surface area contributed by atoms with E-state index in [2.05, 4.69) is 27.6 Å². The van der Waals surface area contributed by atoms with Crippen molar-refractivity contribution in [1.82, 2.24) is 25.4 Å². The number of carbonyl (C=O) groups excluding carboxylic acids is 1. The lowest BCUT2D eigenvalue weighted by molar-refractivity contribution is 0.0463. The van der Waals surface area contributed by atoms with Crippen LogP contribution >= 0.6 is 0 Å². The Balaban J connectivity index is 1.38. The molecular formula is C22H29N5O4. The average molecular weight is 428 g/mol. The maximum absolute atomic E-state index is 13.2. The van der Waals surface area contributed by atoms with Crippen LogP contribution in [0.2, 0.25) is 0 Å². The van der Waals surface area contributed by atoms with Gasteiger partial charge in [0.2, 0.25) is 5.89 Å². The topological polar surface area (TPSA) is 111 Å². The maximum atomic E-state index is 13.2. The molecule has 3 fully saturated rings. The fourth-order valence-electron chi connectivity index (χ4n) is 5.44. The fraction of sp³-hybridized carbons (Fsp3) is 0.591. The fourth-order valence-corrected chi connectivity index (χ4v) is 5.44. The highest BCUT2D eigenvalue weighted by Gasteiger charge is 2.37. The molecule has 3 unspecified atom stereocenters. The van der Waals surface area contributed by atoms with Crippen molar-refractivity contribution in [1.29, 1.82) is 0 Å². The van der Waals surface area contributed by atoms with Crippen molar-refractivity contribution >= 4 is 23.1 Å². The Morgan fingerprint density at radius 3 is 2.77 bits per heavy atom. The van der Waals surface area contributed by atoms with E-state index in [0.29, 0.717) is 54.3 Å². The zero-order chi connectivity index (χ0) is 21.5. The van der Waals surface area contributed by atoms with Gasteiger partial charge < -0.3 is 25.1 Å². The van der Waals surface area contributed by atoms with Gasteiger partial charge >= 0.3 is 6.09 Å². The molecular weight excluding hydrogens is 398 g/mol. The van der Waals surface area contributed by atoms with Gasteiger partial charge in [0.25, 0.3) is 5.91 Å². The zero-order valence-corrected chi connectivity index (χ0v) is 17.7. The molecule has 9 heteroatoms. The number of hydrogen-bond donors (Lipinski definition) is 3. The Morgan fingerprint density at radius 2 is 2.03 bits per heavy atom. The molecule has 0 saturated carbocycles. The molecule has 2 aromatic rings. The smallest absolute Gasteiger partial charge is 0.408 e. The first-order chi connectivity index (χ1) is 15.0. The summed E-state index contributed by atoms with van der Waals surface area (Å²) in [5.41, 5.74) is 1.46. The van der Waals surface area contributed by atoms with Crippen LogP contribution < -0.4 is 10.6 Å². The first-order valence-corrected chi connectivity index (χ1v) is 11.1. The molecule has 9 nitrogen and oxygen atoms in total. The van der Waals surface area contributed by atoms with Crippen LogP contribution in [-0.4, -0.2) is 76.7 Å². The SMILES string of the molecule is CN1C2CCCC1CC(NC(=O)c1cccc3oc(C4CNCCN4C(=O)O)nc13)C2. The average Bonchev–Trinajstić information content (AvgIpc) is 3.18. The number of rotatable bonds is 3. The molecule has 166 valence electrons. The Kier molecular flexibility index (Phi) is 5.31. The summed E-state index contributed by atoms with van der Waals surface area (Å²) in [5, 5.41) is 15.9. The van der Waals surface area contributed by atoms with E-state index in [1.165, 1.54) is 24.2 Å². The summed E-state index contributed by atoms with van der Waals surface area (Å²) in [6, 6.07) is 6.02. The number of piperidine rings is 2. The Hall–Kier alpha value is -2.65. The Labute approximate surface area is 180 Å². The third-order valence-electron chi connectivity index (χ3n) is 7.13. The van der Waals surface area contributed by atoms with Crippen molar-refractivity contribution in [2.75, 3.05) is 26.7 Å². The molecule has 0 spiro atoms. The van der Waals surface area contributed by atoms with E-state index in [-0.39, 0.29) is 11.9 Å². The molecule has 3 atom stereocenters. The highest BCUT2D eigenvalue weighted by molar-refractivity contribution is 6.04. The van der Waals surface area contributed by atoms with Crippen LogP contribution in [0.4, 0.5) is 4.79 Å². The number of amides is 2. The van der Waals surface area contributed by atoms with Crippen LogP contribution in [0.15, 0.2) is 22.6 Å². The van der Waals surface area contributed by atoms with Crippen molar-refractivity contribution in [2.24, 2.45) is 0 Å². The summed E-state index contributed by atoms with van der Waals surface area (Å²) in [6.07, 6.45) is 4.60. The van der Waals surface area contributed by atoms with Gasteiger partial charge in [0.05, 0.1) is 5.56 Å². The van der Waals surface area contributed by atoms with Crippen molar-refractivity contribution in [2.45, 2.75) is 56.3 Å². The third-order valence-corrected chi connectivity index (χ3v) is 7.13. The largest absolute Gasteiger partial charge is 0.465 e. The number of carboxylic acid groups (broad SMARTS) is 1. The van der Waals surface area contributed by atoms with Gasteiger partial charge in [0, 0.05) is 37.8 Å². The molecule has 3 N–H and O–H groups in total. The zero-order valence-electron chi connectivity index (χ0n) is 17.7. The normalized spacial score (nSPS) is 29.1. The lowest BCUT2D eigenvalue weighted by Gasteiger charge is -2.47. The van der Waals surface area contributed by atoms with E-state index in [9.17, 15) is 14.7 Å². The Morgan fingerprint density at radius 1 is 1.26 bits per heavy atom. The van der Waals surface area contributed by atoms with E-state index in [0.717, 1.165) is 12.8 Å². The number of para-hydroxylation sites is 1. The molecule has 4 heterocycles. The van der Waals surface area contributed by atoms with Gasteiger partial charge in [-0.3, -0.25) is 9.69 Å². The first kappa shape index (κ1) is 20.3. The Bertz CT molecular complexity index is 977. The first-order valence-electron chi connectivity index (χ1n) is 11.1. The molecule has 3 aliphatic rings. The van der Waals surface area contributed by atoms with Crippen LogP contribution in [0, 0.1) is 0 Å². The minimum atomic E-state index is -1.00. The minimum Gasteiger partial charge on any atom is -0.465 e. The lowest BCUT2D eigenvalue weighted by atomic mass is 9.82. The number of piperazine rings is 1. The van der Waals surface area contributed by atoms with Crippen LogP contribution in [0.3, 0.4) is 0 Å². The molecule has 0 aliphatic carbocycles. The summed E-state index contributed by atoms with van der Waals surface area (Å²) < 4.78 is 5.90. The number of nitrogens with zero attached hydrogens (tertiary/aromatic N) is 3. The molecule has 31 heavy (non-hydrogen) atoms. The predicted molar refractivity (Wildman–Crippen MR) is 114 cm³/mol. The number of oxazole rings is 1. The minimum absolute atomic E-state index is 0.144. The maximum Gasteiger partial charge on any atom is 0.408 e. The number of fused-ring (bicyclic) bond motifs is 3. The van der Waals surface area contributed by atoms with Crippen LogP contribution in [0.25, 0.3) is 11.1 Å². The van der Waals surface area contributed by atoms with Gasteiger partial charge in [-0.05, 0) is 44.9 Å². The van der Waals surface area contributed by atoms with Crippen LogP contribution in [0.1, 0.15) is 54.4 Å². The van der Waals surface area contributed by atoms with E-state index in [4.69, 9.17) is 4.42 Å². The standard InChI is InChI=1S/C22H29N5O4/c1-26-14-4-2-5-15(26)11-13(10-14)24-20(28)16-6-3-7-18-19(16)25-21(31-18)17-12-23-8-9-27(17)22(29)30/h3,6-7,13-15,17,23H,2,4-5,8-12H2,1H3,(H,24,28)(H,29,30). The quantitative estimate of drug-likeness (QED) is 0.689. The highest BCUT2D eigenvalue weighted by Crippen LogP contribution is 2.33. The van der Waals surface area contributed by atoms with Gasteiger partial charge in [-0.2, -0.15) is 0 Å². The number of aromatic nitrogens is 1. The highest BCUT2D eigenvalue weighted by atomic mass is 16.4. The predicted octanol–water partition coefficient (Wildman–Crippen LogP) is 2.20. The monoisotopic (exact) mass is 427 g/mol. The summed E-state index contributed by atoms with van der Waals surface area (Å²) in [4.78, 5) is 33.2. The molecule has 3 aliphatic heterocycles. The van der Waals surface area contributed by atoms with Gasteiger partial charge in [0.1, 0.15) is 11.6 Å². The molecule has 1 aromatic heterocycles. The second kappa shape index (κ2) is 8.12. The van der Waals surface area contributed by atoms with Crippen molar-refractivity contribution < 1.29 is 19.1 Å². The molecule has 1 aromatic carbocycles. The molecule has 2 amide bonds. The molecule has 2 bridgehead atoms. The van der Waals surface area contributed by atoms with Crippen molar-refractivity contribution in [3.63, 3.8) is 0 Å². The number of nitrogens with one attached hydrogen (secondary N) is 2. The van der Waals surface area contributed by atoms with E-state index >= 15 is 0 Å². The van der Waals surface area contributed by atoms with E-state index < -0.39 is 12.1 Å². The van der Waals surface area contributed by atoms with Crippen molar-refractivity contribution in [3.05, 3.63) is 29.7 Å². The summed E-state index contributed by atoms with van der Waals surface area (Å²) in [7, 11) is 2.20. The van der Waals surface area contributed by atoms with Crippen LogP contribution in [-0.2, 0) is 0 Å².